The first kappa shape index (κ1) is 25.7. The maximum atomic E-state index is 15.3. The van der Waals surface area contributed by atoms with Crippen LogP contribution in [-0.2, 0) is 9.53 Å². The topological polar surface area (TPSA) is 90.7 Å². The third kappa shape index (κ3) is 4.47. The highest BCUT2D eigenvalue weighted by Crippen LogP contribution is 2.46. The predicted octanol–water partition coefficient (Wildman–Crippen LogP) is 3.59. The van der Waals surface area contributed by atoms with E-state index in [2.05, 4.69) is 5.10 Å². The van der Waals surface area contributed by atoms with Gasteiger partial charge in [0.1, 0.15) is 5.82 Å². The Morgan fingerprint density at radius 1 is 1.16 bits per heavy atom. The minimum absolute atomic E-state index is 0.0404. The molecule has 0 spiro atoms. The highest BCUT2D eigenvalue weighted by atomic mass is 19.2. The number of hydrogen-bond acceptors (Lipinski definition) is 6. The van der Waals surface area contributed by atoms with Crippen LogP contribution in [0.2, 0.25) is 0 Å². The number of halogens is 3. The average molecular weight is 527 g/mol. The highest BCUT2D eigenvalue weighted by molar-refractivity contribution is 5.97. The van der Waals surface area contributed by atoms with Gasteiger partial charge in [0.25, 0.3) is 5.91 Å². The second kappa shape index (κ2) is 10.4. The summed E-state index contributed by atoms with van der Waals surface area (Å²) in [5.74, 6) is -5.65. The molecule has 1 fully saturated rings. The van der Waals surface area contributed by atoms with Crippen molar-refractivity contribution in [2.45, 2.75) is 37.3 Å². The molecule has 2 aromatic carbocycles. The summed E-state index contributed by atoms with van der Waals surface area (Å²) in [5.41, 5.74) is -0.798. The van der Waals surface area contributed by atoms with E-state index in [1.54, 1.807) is 6.07 Å². The third-order valence-corrected chi connectivity index (χ3v) is 7.00. The number of esters is 1. The van der Waals surface area contributed by atoms with Gasteiger partial charge in [-0.25, -0.2) is 17.9 Å². The Kier molecular flexibility index (Phi) is 7.02. The molecule has 5 rings (SSSR count). The Morgan fingerprint density at radius 3 is 2.71 bits per heavy atom. The first-order valence-electron chi connectivity index (χ1n) is 12.1. The molecule has 0 saturated carbocycles. The molecule has 0 bridgehead atoms. The van der Waals surface area contributed by atoms with E-state index in [9.17, 15) is 23.2 Å². The molecule has 0 N–H and O–H groups in total. The average Bonchev–Trinajstić information content (AvgIpc) is 3.39. The van der Waals surface area contributed by atoms with Crippen LogP contribution in [0.15, 0.2) is 53.5 Å². The second-order valence-electron chi connectivity index (χ2n) is 9.22. The monoisotopic (exact) mass is 527 g/mol. The van der Waals surface area contributed by atoms with Gasteiger partial charge in [0.05, 0.1) is 31.3 Å². The van der Waals surface area contributed by atoms with Gasteiger partial charge in [-0.1, -0.05) is 24.3 Å². The summed E-state index contributed by atoms with van der Waals surface area (Å²) in [7, 11) is 1.40. The number of nitrogens with zero attached hydrogens (tertiary/aromatic N) is 3. The lowest BCUT2D eigenvalue weighted by Gasteiger charge is -2.42. The molecule has 3 atom stereocenters. The van der Waals surface area contributed by atoms with E-state index in [0.717, 1.165) is 12.3 Å². The van der Waals surface area contributed by atoms with Crippen LogP contribution in [-0.4, -0.2) is 52.9 Å². The first-order valence-corrected chi connectivity index (χ1v) is 12.1. The number of hydrogen-bond donors (Lipinski definition) is 0. The van der Waals surface area contributed by atoms with E-state index in [1.165, 1.54) is 47.0 Å². The summed E-state index contributed by atoms with van der Waals surface area (Å²) in [6.45, 7) is 0.375. The molecule has 2 aliphatic heterocycles. The van der Waals surface area contributed by atoms with Crippen molar-refractivity contribution in [2.75, 3.05) is 20.3 Å². The lowest BCUT2D eigenvalue weighted by molar-refractivity contribution is -0.135. The van der Waals surface area contributed by atoms with Crippen molar-refractivity contribution >= 4 is 11.9 Å². The van der Waals surface area contributed by atoms with Crippen molar-refractivity contribution in [1.29, 1.82) is 0 Å². The van der Waals surface area contributed by atoms with Gasteiger partial charge in [-0.15, -0.1) is 0 Å². The van der Waals surface area contributed by atoms with E-state index in [-0.39, 0.29) is 24.3 Å². The lowest BCUT2D eigenvalue weighted by Crippen LogP contribution is -2.51. The SMILES string of the molecule is COCCC(=O)Oc1c2n(ncc1=O)[C@@H](C(c1cccc(F)c1)c1cccc(F)c1F)[C@H]1CCCN1C2=O. The number of carbonyl (C=O) groups is 2. The molecule has 8 nitrogen and oxygen atoms in total. The zero-order valence-electron chi connectivity index (χ0n) is 20.4. The number of aromatic nitrogens is 2. The number of methoxy groups -OCH3 is 1. The van der Waals surface area contributed by atoms with Crippen LogP contribution in [0.4, 0.5) is 13.2 Å². The van der Waals surface area contributed by atoms with Gasteiger partial charge in [-0.05, 0) is 36.6 Å². The van der Waals surface area contributed by atoms with Crippen molar-refractivity contribution in [2.24, 2.45) is 0 Å². The van der Waals surface area contributed by atoms with E-state index < -0.39 is 58.5 Å². The van der Waals surface area contributed by atoms with Gasteiger partial charge in [0.2, 0.25) is 11.2 Å². The fourth-order valence-electron chi connectivity index (χ4n) is 5.41. The van der Waals surface area contributed by atoms with Crippen molar-refractivity contribution in [3.05, 3.63) is 93.2 Å². The summed E-state index contributed by atoms with van der Waals surface area (Å²) in [5, 5.41) is 4.22. The van der Waals surface area contributed by atoms with E-state index in [4.69, 9.17) is 9.47 Å². The van der Waals surface area contributed by atoms with Crippen LogP contribution in [0, 0.1) is 17.5 Å². The maximum absolute atomic E-state index is 15.3. The molecule has 1 unspecified atom stereocenters. The van der Waals surface area contributed by atoms with Crippen LogP contribution in [0.5, 0.6) is 5.75 Å². The summed E-state index contributed by atoms with van der Waals surface area (Å²) in [6.07, 6.45) is 1.87. The summed E-state index contributed by atoms with van der Waals surface area (Å²) >= 11 is 0. The fraction of sp³-hybridized carbons (Fsp3) is 0.333. The fourth-order valence-corrected chi connectivity index (χ4v) is 5.41. The standard InChI is InChI=1S/C27H24F3N3O5/c1-37-12-10-21(35)38-26-20(34)14-31-33-24(19-9-4-11-32(19)27(36)25(26)33)22(15-5-2-6-16(28)13-15)17-7-3-8-18(29)23(17)30/h2-3,5-8,13-14,19,22,24H,4,9-12H2,1H3/t19-,22?,24-/m1/s1. The molecule has 198 valence electrons. The van der Waals surface area contributed by atoms with Crippen molar-refractivity contribution in [1.82, 2.24) is 14.7 Å². The van der Waals surface area contributed by atoms with Gasteiger partial charge >= 0.3 is 5.97 Å². The number of benzene rings is 2. The zero-order valence-corrected chi connectivity index (χ0v) is 20.4. The lowest BCUT2D eigenvalue weighted by atomic mass is 9.79. The first-order chi connectivity index (χ1) is 18.3. The summed E-state index contributed by atoms with van der Waals surface area (Å²) < 4.78 is 55.6. The molecule has 1 aromatic heterocycles. The Bertz CT molecular complexity index is 1460. The predicted molar refractivity (Wildman–Crippen MR) is 128 cm³/mol. The molecular weight excluding hydrogens is 503 g/mol. The Morgan fingerprint density at radius 2 is 1.95 bits per heavy atom. The molecule has 1 saturated heterocycles. The van der Waals surface area contributed by atoms with E-state index >= 15 is 4.39 Å². The summed E-state index contributed by atoms with van der Waals surface area (Å²) in [6, 6.07) is 7.82. The van der Waals surface area contributed by atoms with Crippen molar-refractivity contribution < 1.29 is 32.2 Å². The molecule has 0 aliphatic carbocycles. The molecule has 3 heterocycles. The molecule has 0 radical (unpaired) electrons. The molecule has 2 aliphatic rings. The zero-order chi connectivity index (χ0) is 27.0. The number of fused-ring (bicyclic) bond motifs is 2. The van der Waals surface area contributed by atoms with Gasteiger partial charge < -0.3 is 14.4 Å². The Labute approximate surface area is 215 Å². The Balaban J connectivity index is 1.75. The number of rotatable bonds is 7. The van der Waals surface area contributed by atoms with Crippen molar-refractivity contribution in [3.63, 3.8) is 0 Å². The highest BCUT2D eigenvalue weighted by Gasteiger charge is 2.49. The number of amides is 1. The van der Waals surface area contributed by atoms with Crippen LogP contribution in [0.3, 0.4) is 0 Å². The van der Waals surface area contributed by atoms with Crippen molar-refractivity contribution in [3.8, 4) is 5.75 Å². The minimum Gasteiger partial charge on any atom is -0.420 e. The Hall–Kier alpha value is -3.99. The van der Waals surface area contributed by atoms with E-state index in [1.807, 2.05) is 0 Å². The molecule has 38 heavy (non-hydrogen) atoms. The number of carbonyl (C=O) groups excluding carboxylic acids is 2. The van der Waals surface area contributed by atoms with Crippen LogP contribution in [0.1, 0.15) is 52.8 Å². The largest absolute Gasteiger partial charge is 0.420 e. The number of ether oxygens (including phenoxy) is 2. The molecule has 11 heteroatoms. The van der Waals surface area contributed by atoms with Gasteiger partial charge in [-0.3, -0.25) is 14.4 Å². The summed E-state index contributed by atoms with van der Waals surface area (Å²) in [4.78, 5) is 40.3. The van der Waals surface area contributed by atoms with Crippen LogP contribution >= 0.6 is 0 Å². The smallest absolute Gasteiger partial charge is 0.313 e. The van der Waals surface area contributed by atoms with E-state index in [0.29, 0.717) is 24.9 Å². The normalized spacial score (nSPS) is 19.2. The molecule has 3 aromatic rings. The van der Waals surface area contributed by atoms with Crippen LogP contribution in [0.25, 0.3) is 0 Å². The molecular formula is C27H24F3N3O5. The molecule has 1 amide bonds. The maximum Gasteiger partial charge on any atom is 0.313 e. The quantitative estimate of drug-likeness (QED) is 0.437. The van der Waals surface area contributed by atoms with Gasteiger partial charge in [0, 0.05) is 25.1 Å². The van der Waals surface area contributed by atoms with Crippen LogP contribution < -0.4 is 10.2 Å². The minimum atomic E-state index is -1.11. The second-order valence-corrected chi connectivity index (χ2v) is 9.22. The third-order valence-electron chi connectivity index (χ3n) is 7.00. The van der Waals surface area contributed by atoms with Gasteiger partial charge in [-0.2, -0.15) is 5.10 Å². The van der Waals surface area contributed by atoms with Gasteiger partial charge in [0.15, 0.2) is 17.3 Å².